The van der Waals surface area contributed by atoms with Gasteiger partial charge in [0, 0.05) is 5.54 Å². The fraction of sp³-hybridized carbons (Fsp3) is 0.684. The van der Waals surface area contributed by atoms with Gasteiger partial charge < -0.3 is 5.73 Å². The second kappa shape index (κ2) is 6.76. The fourth-order valence-electron chi connectivity index (χ4n) is 3.62. The molecule has 1 fully saturated rings. The molecule has 1 aromatic rings. The summed E-state index contributed by atoms with van der Waals surface area (Å²) in [5.41, 5.74) is 9.44. The molecule has 2 atom stereocenters. The lowest BCUT2D eigenvalue weighted by atomic mass is 9.82. The van der Waals surface area contributed by atoms with Gasteiger partial charge in [0.05, 0.1) is 0 Å². The Balaban J connectivity index is 2.09. The minimum atomic E-state index is -0.0853. The van der Waals surface area contributed by atoms with Crippen LogP contribution in [0.15, 0.2) is 24.3 Å². The molecule has 0 spiro atoms. The molecule has 0 heterocycles. The van der Waals surface area contributed by atoms with E-state index in [0.29, 0.717) is 5.92 Å². The second-order valence-electron chi connectivity index (χ2n) is 7.02. The number of nitrogens with two attached hydrogens (primary N) is 1. The van der Waals surface area contributed by atoms with E-state index in [1.165, 1.54) is 43.2 Å². The molecule has 1 nitrogen and oxygen atoms in total. The van der Waals surface area contributed by atoms with Gasteiger partial charge in [-0.05, 0) is 42.2 Å². The van der Waals surface area contributed by atoms with E-state index < -0.39 is 0 Å². The van der Waals surface area contributed by atoms with E-state index in [-0.39, 0.29) is 5.54 Å². The molecule has 2 rings (SSSR count). The summed E-state index contributed by atoms with van der Waals surface area (Å²) in [5, 5.41) is 0. The van der Waals surface area contributed by atoms with Crippen LogP contribution in [0.4, 0.5) is 0 Å². The van der Waals surface area contributed by atoms with E-state index in [1.807, 2.05) is 0 Å². The van der Waals surface area contributed by atoms with Crippen molar-refractivity contribution in [3.8, 4) is 0 Å². The number of hydrogen-bond acceptors (Lipinski definition) is 1. The molecular formula is C19H31N. The van der Waals surface area contributed by atoms with Gasteiger partial charge in [-0.2, -0.15) is 0 Å². The summed E-state index contributed by atoms with van der Waals surface area (Å²) in [6.07, 6.45) is 8.95. The molecule has 0 aromatic heterocycles. The summed E-state index contributed by atoms with van der Waals surface area (Å²) < 4.78 is 0. The van der Waals surface area contributed by atoms with Crippen molar-refractivity contribution in [3.63, 3.8) is 0 Å². The van der Waals surface area contributed by atoms with Crippen LogP contribution in [-0.2, 0) is 5.54 Å². The van der Waals surface area contributed by atoms with Crippen molar-refractivity contribution in [2.75, 3.05) is 0 Å². The molecule has 0 aliphatic heterocycles. The molecular weight excluding hydrogens is 242 g/mol. The monoisotopic (exact) mass is 273 g/mol. The highest BCUT2D eigenvalue weighted by atomic mass is 14.7. The van der Waals surface area contributed by atoms with Crippen molar-refractivity contribution < 1.29 is 0 Å². The minimum Gasteiger partial charge on any atom is -0.321 e. The first-order valence-corrected chi connectivity index (χ1v) is 8.44. The zero-order chi connectivity index (χ0) is 14.6. The molecule has 20 heavy (non-hydrogen) atoms. The summed E-state index contributed by atoms with van der Waals surface area (Å²) in [6, 6.07) is 9.08. The van der Waals surface area contributed by atoms with Crippen LogP contribution in [0.2, 0.25) is 0 Å². The van der Waals surface area contributed by atoms with Gasteiger partial charge in [0.15, 0.2) is 0 Å². The third-order valence-electron chi connectivity index (χ3n) is 5.08. The predicted octanol–water partition coefficient (Wildman–Crippen LogP) is 5.34. The minimum absolute atomic E-state index is 0.0853. The summed E-state index contributed by atoms with van der Waals surface area (Å²) in [7, 11) is 0. The first-order valence-electron chi connectivity index (χ1n) is 8.44. The van der Waals surface area contributed by atoms with Crippen molar-refractivity contribution >= 4 is 0 Å². The van der Waals surface area contributed by atoms with E-state index in [9.17, 15) is 0 Å². The van der Waals surface area contributed by atoms with Gasteiger partial charge in [-0.15, -0.1) is 0 Å². The van der Waals surface area contributed by atoms with Gasteiger partial charge in [0.25, 0.3) is 0 Å². The van der Waals surface area contributed by atoms with Crippen molar-refractivity contribution in [2.45, 2.75) is 77.2 Å². The molecule has 0 radical (unpaired) electrons. The Kier molecular flexibility index (Phi) is 5.26. The van der Waals surface area contributed by atoms with Crippen LogP contribution in [0, 0.1) is 5.92 Å². The summed E-state index contributed by atoms with van der Waals surface area (Å²) in [5.74, 6) is 1.50. The maximum absolute atomic E-state index is 6.76. The van der Waals surface area contributed by atoms with Gasteiger partial charge in [0.1, 0.15) is 0 Å². The van der Waals surface area contributed by atoms with E-state index in [0.717, 1.165) is 18.8 Å². The molecule has 1 heteroatoms. The van der Waals surface area contributed by atoms with Gasteiger partial charge in [0.2, 0.25) is 0 Å². The Morgan fingerprint density at radius 3 is 2.45 bits per heavy atom. The van der Waals surface area contributed by atoms with E-state index in [4.69, 9.17) is 5.73 Å². The summed E-state index contributed by atoms with van der Waals surface area (Å²) in [4.78, 5) is 0. The second-order valence-corrected chi connectivity index (χ2v) is 7.02. The van der Waals surface area contributed by atoms with Crippen LogP contribution in [-0.4, -0.2) is 0 Å². The lowest BCUT2D eigenvalue weighted by molar-refractivity contribution is 0.367. The van der Waals surface area contributed by atoms with Crippen LogP contribution in [0.5, 0.6) is 0 Å². The van der Waals surface area contributed by atoms with Crippen LogP contribution >= 0.6 is 0 Å². The SMILES string of the molecule is CCCC1CCCC(N)(c2ccc(C(C)C)cc2)CC1. The number of benzene rings is 1. The molecule has 0 bridgehead atoms. The Morgan fingerprint density at radius 1 is 1.15 bits per heavy atom. The molecule has 0 saturated heterocycles. The zero-order valence-corrected chi connectivity index (χ0v) is 13.5. The molecule has 1 aliphatic carbocycles. The predicted molar refractivity (Wildman–Crippen MR) is 87.9 cm³/mol. The van der Waals surface area contributed by atoms with Gasteiger partial charge in [-0.1, -0.05) is 70.7 Å². The van der Waals surface area contributed by atoms with Crippen LogP contribution in [0.3, 0.4) is 0 Å². The Morgan fingerprint density at radius 2 is 1.85 bits per heavy atom. The van der Waals surface area contributed by atoms with E-state index in [1.54, 1.807) is 0 Å². The van der Waals surface area contributed by atoms with Crippen LogP contribution < -0.4 is 5.73 Å². The molecule has 1 aromatic carbocycles. The van der Waals surface area contributed by atoms with Crippen molar-refractivity contribution in [3.05, 3.63) is 35.4 Å². The van der Waals surface area contributed by atoms with E-state index >= 15 is 0 Å². The van der Waals surface area contributed by atoms with Crippen molar-refractivity contribution in [1.82, 2.24) is 0 Å². The number of rotatable bonds is 4. The van der Waals surface area contributed by atoms with Crippen LogP contribution in [0.25, 0.3) is 0 Å². The average Bonchev–Trinajstić information content (AvgIpc) is 2.63. The maximum Gasteiger partial charge on any atom is 0.0409 e. The molecule has 1 saturated carbocycles. The summed E-state index contributed by atoms with van der Waals surface area (Å²) >= 11 is 0. The average molecular weight is 273 g/mol. The zero-order valence-electron chi connectivity index (χ0n) is 13.5. The van der Waals surface area contributed by atoms with Crippen molar-refractivity contribution in [1.29, 1.82) is 0 Å². The Bertz CT molecular complexity index is 406. The molecule has 2 N–H and O–H groups in total. The topological polar surface area (TPSA) is 26.0 Å². The quantitative estimate of drug-likeness (QED) is 0.736. The standard InChI is InChI=1S/C19H31N/c1-4-6-16-7-5-13-19(20,14-12-16)18-10-8-17(9-11-18)15(2)3/h8-11,15-16H,4-7,12-14,20H2,1-3H3. The highest BCUT2D eigenvalue weighted by Crippen LogP contribution is 2.37. The molecule has 1 aliphatic rings. The lowest BCUT2D eigenvalue weighted by Gasteiger charge is -2.29. The highest BCUT2D eigenvalue weighted by molar-refractivity contribution is 5.30. The largest absolute Gasteiger partial charge is 0.321 e. The smallest absolute Gasteiger partial charge is 0.0409 e. The van der Waals surface area contributed by atoms with Crippen LogP contribution in [0.1, 0.15) is 82.8 Å². The van der Waals surface area contributed by atoms with Crippen molar-refractivity contribution in [2.24, 2.45) is 11.7 Å². The Labute approximate surface area is 125 Å². The lowest BCUT2D eigenvalue weighted by Crippen LogP contribution is -2.36. The summed E-state index contributed by atoms with van der Waals surface area (Å²) in [6.45, 7) is 6.79. The van der Waals surface area contributed by atoms with Gasteiger partial charge in [-0.3, -0.25) is 0 Å². The normalized spacial score (nSPS) is 27.6. The molecule has 0 amide bonds. The third kappa shape index (κ3) is 3.63. The fourth-order valence-corrected chi connectivity index (χ4v) is 3.62. The first-order chi connectivity index (χ1) is 9.55. The highest BCUT2D eigenvalue weighted by Gasteiger charge is 2.30. The number of hydrogen-bond donors (Lipinski definition) is 1. The third-order valence-corrected chi connectivity index (χ3v) is 5.08. The Hall–Kier alpha value is -0.820. The maximum atomic E-state index is 6.76. The molecule has 2 unspecified atom stereocenters. The first kappa shape index (κ1) is 15.6. The van der Waals surface area contributed by atoms with E-state index in [2.05, 4.69) is 45.0 Å². The van der Waals surface area contributed by atoms with Gasteiger partial charge in [-0.25, -0.2) is 0 Å². The molecule has 112 valence electrons. The van der Waals surface area contributed by atoms with Gasteiger partial charge >= 0.3 is 0 Å².